The van der Waals surface area contributed by atoms with Gasteiger partial charge in [-0.05, 0) is 81.2 Å². The zero-order valence-corrected chi connectivity index (χ0v) is 30.5. The molecule has 0 bridgehead atoms. The zero-order valence-electron chi connectivity index (χ0n) is 29.7. The molecule has 9 rings (SSSR count). The Balaban J connectivity index is 0.971. The molecule has 0 N–H and O–H groups in total. The van der Waals surface area contributed by atoms with Crippen molar-refractivity contribution in [3.63, 3.8) is 0 Å². The number of ether oxygens (including phenoxy) is 4. The molecule has 2 atom stereocenters. The van der Waals surface area contributed by atoms with E-state index in [1.165, 1.54) is 6.07 Å². The van der Waals surface area contributed by atoms with Gasteiger partial charge in [-0.1, -0.05) is 121 Å². The van der Waals surface area contributed by atoms with E-state index in [4.69, 9.17) is 23.1 Å². The van der Waals surface area contributed by atoms with Crippen molar-refractivity contribution in [1.82, 2.24) is 0 Å². The molecule has 0 aromatic heterocycles. The predicted molar refractivity (Wildman–Crippen MR) is 214 cm³/mol. The number of hydrogen-bond donors (Lipinski definition) is 0. The first-order chi connectivity index (χ1) is 26.9. The molecular weight excluding hydrogens is 709 g/mol. The third kappa shape index (κ3) is 6.99. The van der Waals surface area contributed by atoms with Crippen molar-refractivity contribution >= 4 is 43.8 Å². The first kappa shape index (κ1) is 34.6. The molecule has 0 aliphatic carbocycles. The van der Waals surface area contributed by atoms with E-state index in [-0.39, 0.29) is 24.7 Å². The Kier molecular flexibility index (Phi) is 9.15. The average Bonchev–Trinajstić information content (AvgIpc) is 3.23. The SMILES string of the molecule is O=S(=O)(OC(COc1ccccc1)c1ccccc1)c1cccc(COCC2=Cc3c(ccc4ccccc34)OC23C=Cc2c(ccc4ccccc24)O3)c1. The quantitative estimate of drug-likeness (QED) is 0.122. The minimum Gasteiger partial charge on any atom is -0.490 e. The van der Waals surface area contributed by atoms with Crippen LogP contribution in [0.5, 0.6) is 17.2 Å². The molecule has 272 valence electrons. The third-order valence-electron chi connectivity index (χ3n) is 9.89. The Morgan fingerprint density at radius 2 is 1.25 bits per heavy atom. The fraction of sp³-hybridized carbons (Fsp3) is 0.106. The molecule has 8 heteroatoms. The lowest BCUT2D eigenvalue weighted by molar-refractivity contribution is -0.0523. The standard InChI is InChI=1S/C47H36O7S/c48-55(49,54-46(36-15-3-1-4-16-36)32-51-38-17-5-2-6-18-38)39-19-11-12-33(28-39)30-50-31-37-29-43-41-21-10-8-14-35(41)23-25-45(43)53-47(37)27-26-42-40-20-9-7-13-34(40)22-24-44(42)52-47/h1-29,46H,30-32H2. The van der Waals surface area contributed by atoms with Crippen LogP contribution in [0.1, 0.15) is 28.4 Å². The molecule has 2 unspecified atom stereocenters. The summed E-state index contributed by atoms with van der Waals surface area (Å²) in [6.45, 7) is 0.282. The summed E-state index contributed by atoms with van der Waals surface area (Å²) < 4.78 is 59.2. The van der Waals surface area contributed by atoms with E-state index in [1.807, 2.05) is 121 Å². The Hall–Kier alpha value is -6.19. The van der Waals surface area contributed by atoms with Gasteiger partial charge in [0.05, 0.1) is 18.1 Å². The summed E-state index contributed by atoms with van der Waals surface area (Å²) in [5.74, 6) is 0.778. The number of para-hydroxylation sites is 1. The van der Waals surface area contributed by atoms with Gasteiger partial charge in [0, 0.05) is 22.8 Å². The molecule has 0 amide bonds. The van der Waals surface area contributed by atoms with Crippen molar-refractivity contribution in [3.05, 3.63) is 192 Å². The van der Waals surface area contributed by atoms with Gasteiger partial charge in [-0.2, -0.15) is 8.42 Å². The summed E-state index contributed by atoms with van der Waals surface area (Å²) in [7, 11) is -4.20. The molecule has 7 aromatic rings. The van der Waals surface area contributed by atoms with Gasteiger partial charge in [-0.25, -0.2) is 0 Å². The number of rotatable bonds is 11. The van der Waals surface area contributed by atoms with Crippen LogP contribution in [-0.2, 0) is 25.6 Å². The molecule has 55 heavy (non-hydrogen) atoms. The minimum atomic E-state index is -4.20. The second-order valence-corrected chi connectivity index (χ2v) is 15.1. The molecule has 0 fully saturated rings. The van der Waals surface area contributed by atoms with Crippen molar-refractivity contribution in [2.45, 2.75) is 23.4 Å². The number of fused-ring (bicyclic) bond motifs is 6. The molecule has 2 aliphatic heterocycles. The highest BCUT2D eigenvalue weighted by atomic mass is 32.2. The van der Waals surface area contributed by atoms with Crippen molar-refractivity contribution in [2.24, 2.45) is 0 Å². The molecule has 2 aliphatic rings. The highest BCUT2D eigenvalue weighted by Gasteiger charge is 2.43. The lowest BCUT2D eigenvalue weighted by atomic mass is 9.92. The summed E-state index contributed by atoms with van der Waals surface area (Å²) >= 11 is 0. The molecule has 0 saturated carbocycles. The summed E-state index contributed by atoms with van der Waals surface area (Å²) in [6, 6.07) is 49.5. The van der Waals surface area contributed by atoms with Crippen molar-refractivity contribution in [3.8, 4) is 17.2 Å². The molecule has 7 nitrogen and oxygen atoms in total. The number of benzene rings is 7. The first-order valence-electron chi connectivity index (χ1n) is 18.1. The van der Waals surface area contributed by atoms with Gasteiger partial charge in [0.25, 0.3) is 15.9 Å². The Bertz CT molecular complexity index is 2690. The van der Waals surface area contributed by atoms with E-state index in [2.05, 4.69) is 36.4 Å². The van der Waals surface area contributed by atoms with E-state index in [0.29, 0.717) is 28.4 Å². The maximum absolute atomic E-state index is 13.7. The lowest BCUT2D eigenvalue weighted by Gasteiger charge is -2.40. The van der Waals surface area contributed by atoms with Crippen LogP contribution in [0.25, 0.3) is 33.7 Å². The van der Waals surface area contributed by atoms with Gasteiger partial charge in [0.2, 0.25) is 0 Å². The van der Waals surface area contributed by atoms with Gasteiger partial charge in [-0.3, -0.25) is 4.18 Å². The zero-order chi connectivity index (χ0) is 37.2. The Labute approximate surface area is 319 Å². The maximum atomic E-state index is 13.7. The van der Waals surface area contributed by atoms with Crippen LogP contribution in [0, 0.1) is 0 Å². The summed E-state index contributed by atoms with van der Waals surface area (Å²) in [5, 5.41) is 4.36. The molecule has 0 saturated heterocycles. The normalized spacial score (nSPS) is 16.5. The van der Waals surface area contributed by atoms with Crippen LogP contribution in [-0.4, -0.2) is 27.4 Å². The van der Waals surface area contributed by atoms with Crippen LogP contribution in [0.3, 0.4) is 0 Å². The van der Waals surface area contributed by atoms with E-state index >= 15 is 0 Å². The van der Waals surface area contributed by atoms with Crippen molar-refractivity contribution in [2.75, 3.05) is 13.2 Å². The van der Waals surface area contributed by atoms with E-state index < -0.39 is 22.0 Å². The smallest absolute Gasteiger partial charge is 0.297 e. The van der Waals surface area contributed by atoms with E-state index in [0.717, 1.165) is 38.2 Å². The molecule has 0 radical (unpaired) electrons. The lowest BCUT2D eigenvalue weighted by Crippen LogP contribution is -2.46. The highest BCUT2D eigenvalue weighted by Crippen LogP contribution is 2.45. The third-order valence-corrected chi connectivity index (χ3v) is 11.2. The summed E-state index contributed by atoms with van der Waals surface area (Å²) in [4.78, 5) is 0.0219. The summed E-state index contributed by atoms with van der Waals surface area (Å²) in [5.41, 5.74) is 4.04. The number of hydrogen-bond acceptors (Lipinski definition) is 7. The fourth-order valence-corrected chi connectivity index (χ4v) is 8.25. The van der Waals surface area contributed by atoms with Gasteiger partial charge >= 0.3 is 0 Å². The van der Waals surface area contributed by atoms with Gasteiger partial charge in [0.15, 0.2) is 0 Å². The maximum Gasteiger partial charge on any atom is 0.297 e. The molecular formula is C47H36O7S. The molecule has 1 spiro atoms. The van der Waals surface area contributed by atoms with Gasteiger partial charge in [0.1, 0.15) is 30.0 Å². The Morgan fingerprint density at radius 1 is 0.618 bits per heavy atom. The molecule has 2 heterocycles. The predicted octanol–water partition coefficient (Wildman–Crippen LogP) is 10.3. The van der Waals surface area contributed by atoms with E-state index in [1.54, 1.807) is 12.1 Å². The van der Waals surface area contributed by atoms with Gasteiger partial charge < -0.3 is 18.9 Å². The monoisotopic (exact) mass is 744 g/mol. The highest BCUT2D eigenvalue weighted by molar-refractivity contribution is 7.86. The van der Waals surface area contributed by atoms with Gasteiger partial charge in [-0.15, -0.1) is 0 Å². The fourth-order valence-electron chi connectivity index (χ4n) is 7.13. The minimum absolute atomic E-state index is 0.00459. The van der Waals surface area contributed by atoms with E-state index in [9.17, 15) is 8.42 Å². The average molecular weight is 745 g/mol. The summed E-state index contributed by atoms with van der Waals surface area (Å²) in [6.07, 6.45) is 5.23. The topological polar surface area (TPSA) is 80.3 Å². The van der Waals surface area contributed by atoms with Crippen LogP contribution in [0.4, 0.5) is 0 Å². The van der Waals surface area contributed by atoms with Crippen molar-refractivity contribution in [1.29, 1.82) is 0 Å². The molecule has 7 aromatic carbocycles. The second-order valence-electron chi connectivity index (χ2n) is 13.5. The first-order valence-corrected chi connectivity index (χ1v) is 19.5. The Morgan fingerprint density at radius 3 is 1.98 bits per heavy atom. The van der Waals surface area contributed by atoms with Crippen LogP contribution in [0.15, 0.2) is 174 Å². The second kappa shape index (κ2) is 14.6. The van der Waals surface area contributed by atoms with Crippen LogP contribution < -0.4 is 14.2 Å². The largest absolute Gasteiger partial charge is 0.490 e. The van der Waals surface area contributed by atoms with Crippen molar-refractivity contribution < 1.29 is 31.5 Å². The van der Waals surface area contributed by atoms with Crippen LogP contribution >= 0.6 is 0 Å². The van der Waals surface area contributed by atoms with Crippen LogP contribution in [0.2, 0.25) is 0 Å².